The van der Waals surface area contributed by atoms with Crippen molar-refractivity contribution in [2.24, 2.45) is 0 Å². The van der Waals surface area contributed by atoms with Crippen molar-refractivity contribution in [3.05, 3.63) is 65.2 Å². The van der Waals surface area contributed by atoms with E-state index in [-0.39, 0.29) is 12.3 Å². The Bertz CT molecular complexity index is 890. The van der Waals surface area contributed by atoms with Gasteiger partial charge in [0.15, 0.2) is 11.9 Å². The van der Waals surface area contributed by atoms with Crippen LogP contribution in [0.25, 0.3) is 0 Å². The van der Waals surface area contributed by atoms with Crippen LogP contribution in [0.15, 0.2) is 48.5 Å². The number of hydrogen-bond donors (Lipinski definition) is 2. The average molecular weight is 382 g/mol. The Labute approximate surface area is 163 Å². The summed E-state index contributed by atoms with van der Waals surface area (Å²) in [7, 11) is 0. The third-order valence-corrected chi connectivity index (χ3v) is 3.91. The Kier molecular flexibility index (Phi) is 7.03. The van der Waals surface area contributed by atoms with Gasteiger partial charge in [-0.25, -0.2) is 0 Å². The van der Waals surface area contributed by atoms with Gasteiger partial charge in [-0.3, -0.25) is 19.2 Å². The predicted octanol–water partition coefficient (Wildman–Crippen LogP) is 2.50. The maximum Gasteiger partial charge on any atom is 0.326 e. The van der Waals surface area contributed by atoms with Crippen molar-refractivity contribution in [2.45, 2.75) is 26.9 Å². The van der Waals surface area contributed by atoms with E-state index in [4.69, 9.17) is 4.74 Å². The Morgan fingerprint density at radius 1 is 1.00 bits per heavy atom. The van der Waals surface area contributed by atoms with Gasteiger partial charge in [0.25, 0.3) is 11.8 Å². The molecular weight excluding hydrogens is 360 g/mol. The third-order valence-electron chi connectivity index (χ3n) is 3.91. The van der Waals surface area contributed by atoms with E-state index in [1.54, 1.807) is 42.5 Å². The van der Waals surface area contributed by atoms with Gasteiger partial charge in [-0.2, -0.15) is 0 Å². The molecule has 7 nitrogen and oxygen atoms in total. The van der Waals surface area contributed by atoms with Crippen LogP contribution in [0.4, 0.5) is 5.69 Å². The van der Waals surface area contributed by atoms with Gasteiger partial charge in [-0.05, 0) is 57.2 Å². The number of ketones is 1. The molecule has 2 N–H and O–H groups in total. The Morgan fingerprint density at radius 2 is 1.68 bits per heavy atom. The summed E-state index contributed by atoms with van der Waals surface area (Å²) in [5.74, 6) is -1.72. The van der Waals surface area contributed by atoms with Gasteiger partial charge in [0.2, 0.25) is 0 Å². The zero-order valence-electron chi connectivity index (χ0n) is 15.9. The molecule has 0 aliphatic carbocycles. The molecule has 0 fully saturated rings. The molecule has 2 aromatic carbocycles. The molecule has 7 heteroatoms. The first-order valence-corrected chi connectivity index (χ1v) is 8.72. The number of hydrogen-bond acceptors (Lipinski definition) is 5. The number of aryl methyl sites for hydroxylation is 1. The van der Waals surface area contributed by atoms with E-state index in [9.17, 15) is 19.2 Å². The average Bonchev–Trinajstić information content (AvgIpc) is 2.66. The van der Waals surface area contributed by atoms with E-state index in [1.165, 1.54) is 13.8 Å². The monoisotopic (exact) mass is 382 g/mol. The van der Waals surface area contributed by atoms with Gasteiger partial charge in [0, 0.05) is 16.8 Å². The summed E-state index contributed by atoms with van der Waals surface area (Å²) >= 11 is 0. The molecule has 2 aromatic rings. The van der Waals surface area contributed by atoms with Crippen LogP contribution in [0.2, 0.25) is 0 Å². The fourth-order valence-corrected chi connectivity index (χ4v) is 2.37. The highest BCUT2D eigenvalue weighted by atomic mass is 16.5. The zero-order valence-corrected chi connectivity index (χ0v) is 15.9. The molecule has 0 heterocycles. The number of nitrogens with one attached hydrogen (secondary N) is 2. The third kappa shape index (κ3) is 6.05. The van der Waals surface area contributed by atoms with E-state index < -0.39 is 23.9 Å². The first kappa shape index (κ1) is 20.8. The quantitative estimate of drug-likeness (QED) is 0.566. The lowest BCUT2D eigenvalue weighted by Crippen LogP contribution is -2.35. The van der Waals surface area contributed by atoms with Crippen molar-refractivity contribution in [3.63, 3.8) is 0 Å². The van der Waals surface area contributed by atoms with Crippen molar-refractivity contribution in [1.82, 2.24) is 5.32 Å². The SMILES string of the molecule is CC(=O)c1ccc(NC(=O)[C@@H](C)OC(=O)CNC(=O)c2cccc(C)c2)cc1. The lowest BCUT2D eigenvalue weighted by Gasteiger charge is -2.14. The molecule has 0 bridgehead atoms. The summed E-state index contributed by atoms with van der Waals surface area (Å²) in [6, 6.07) is 13.3. The summed E-state index contributed by atoms with van der Waals surface area (Å²) in [6.07, 6.45) is -1.05. The van der Waals surface area contributed by atoms with E-state index >= 15 is 0 Å². The minimum absolute atomic E-state index is 0.0760. The maximum atomic E-state index is 12.1. The molecule has 146 valence electrons. The smallest absolute Gasteiger partial charge is 0.326 e. The molecular formula is C21H22N2O5. The molecule has 0 saturated heterocycles. The van der Waals surface area contributed by atoms with Crippen LogP contribution in [0.3, 0.4) is 0 Å². The molecule has 0 saturated carbocycles. The summed E-state index contributed by atoms with van der Waals surface area (Å²) in [5.41, 5.74) is 2.37. The Hall–Kier alpha value is -3.48. The van der Waals surface area contributed by atoms with Crippen LogP contribution < -0.4 is 10.6 Å². The van der Waals surface area contributed by atoms with Crippen LogP contribution in [0.5, 0.6) is 0 Å². The second-order valence-corrected chi connectivity index (χ2v) is 6.31. The van der Waals surface area contributed by atoms with Crippen LogP contribution >= 0.6 is 0 Å². The summed E-state index contributed by atoms with van der Waals surface area (Å²) in [6.45, 7) is 4.39. The highest BCUT2D eigenvalue weighted by Gasteiger charge is 2.18. The first-order chi connectivity index (χ1) is 13.3. The van der Waals surface area contributed by atoms with Crippen LogP contribution in [0.1, 0.15) is 40.1 Å². The Balaban J connectivity index is 1.81. The minimum Gasteiger partial charge on any atom is -0.451 e. The molecule has 2 amide bonds. The van der Waals surface area contributed by atoms with E-state index in [2.05, 4.69) is 10.6 Å². The molecule has 0 spiro atoms. The molecule has 0 unspecified atom stereocenters. The number of amides is 2. The molecule has 0 radical (unpaired) electrons. The van der Waals surface area contributed by atoms with Gasteiger partial charge in [-0.15, -0.1) is 0 Å². The zero-order chi connectivity index (χ0) is 20.7. The van der Waals surface area contributed by atoms with Crippen molar-refractivity contribution in [3.8, 4) is 0 Å². The van der Waals surface area contributed by atoms with E-state index in [0.29, 0.717) is 16.8 Å². The fraction of sp³-hybridized carbons (Fsp3) is 0.238. The van der Waals surface area contributed by atoms with Crippen molar-refractivity contribution in [2.75, 3.05) is 11.9 Å². The second-order valence-electron chi connectivity index (χ2n) is 6.31. The largest absolute Gasteiger partial charge is 0.451 e. The fourth-order valence-electron chi connectivity index (χ4n) is 2.37. The molecule has 28 heavy (non-hydrogen) atoms. The number of anilines is 1. The molecule has 0 aromatic heterocycles. The summed E-state index contributed by atoms with van der Waals surface area (Å²) in [5, 5.41) is 5.05. The normalized spacial score (nSPS) is 11.2. The lowest BCUT2D eigenvalue weighted by atomic mass is 10.1. The highest BCUT2D eigenvalue weighted by molar-refractivity contribution is 5.98. The number of carbonyl (C=O) groups is 4. The maximum absolute atomic E-state index is 12.1. The van der Waals surface area contributed by atoms with Crippen molar-refractivity contribution < 1.29 is 23.9 Å². The van der Waals surface area contributed by atoms with Crippen LogP contribution in [-0.2, 0) is 14.3 Å². The number of carbonyl (C=O) groups excluding carboxylic acids is 4. The van der Waals surface area contributed by atoms with Crippen molar-refractivity contribution >= 4 is 29.3 Å². The summed E-state index contributed by atoms with van der Waals surface area (Å²) in [4.78, 5) is 47.3. The molecule has 0 aliphatic rings. The van der Waals surface area contributed by atoms with Crippen LogP contribution in [-0.4, -0.2) is 36.2 Å². The number of esters is 1. The highest BCUT2D eigenvalue weighted by Crippen LogP contribution is 2.11. The second kappa shape index (κ2) is 9.45. The van der Waals surface area contributed by atoms with E-state index in [0.717, 1.165) is 5.56 Å². The number of ether oxygens (including phenoxy) is 1. The van der Waals surface area contributed by atoms with Gasteiger partial charge < -0.3 is 15.4 Å². The van der Waals surface area contributed by atoms with E-state index in [1.807, 2.05) is 13.0 Å². The van der Waals surface area contributed by atoms with Crippen LogP contribution in [0, 0.1) is 6.92 Å². The number of Topliss-reactive ketones (excluding diaryl/α,β-unsaturated/α-hetero) is 1. The van der Waals surface area contributed by atoms with Gasteiger partial charge in [-0.1, -0.05) is 17.7 Å². The standard InChI is InChI=1S/C21H22N2O5/c1-13-5-4-6-17(11-13)21(27)22-12-19(25)28-15(3)20(26)23-18-9-7-16(8-10-18)14(2)24/h4-11,15H,12H2,1-3H3,(H,22,27)(H,23,26)/t15-/m1/s1. The molecule has 1 atom stereocenters. The molecule has 0 aliphatic heterocycles. The minimum atomic E-state index is -1.05. The van der Waals surface area contributed by atoms with Gasteiger partial charge >= 0.3 is 5.97 Å². The Morgan fingerprint density at radius 3 is 2.29 bits per heavy atom. The van der Waals surface area contributed by atoms with Crippen molar-refractivity contribution in [1.29, 1.82) is 0 Å². The lowest BCUT2D eigenvalue weighted by molar-refractivity contribution is -0.152. The van der Waals surface area contributed by atoms with Gasteiger partial charge in [0.1, 0.15) is 6.54 Å². The van der Waals surface area contributed by atoms with Gasteiger partial charge in [0.05, 0.1) is 0 Å². The number of rotatable bonds is 7. The number of benzene rings is 2. The first-order valence-electron chi connectivity index (χ1n) is 8.72. The topological polar surface area (TPSA) is 102 Å². The summed E-state index contributed by atoms with van der Waals surface area (Å²) < 4.78 is 5.04. The predicted molar refractivity (Wildman–Crippen MR) is 104 cm³/mol. The molecule has 2 rings (SSSR count).